The maximum Gasteiger partial charge on any atom is 0.0177 e. The summed E-state index contributed by atoms with van der Waals surface area (Å²) < 4.78 is 0. The minimum absolute atomic E-state index is 0.902. The molecule has 1 nitrogen and oxygen atoms in total. The molecule has 1 rings (SSSR count). The molecule has 0 saturated carbocycles. The Hall–Kier alpha value is -0.980. The third kappa shape index (κ3) is 3.94. The highest BCUT2D eigenvalue weighted by Gasteiger charge is 2.14. The zero-order chi connectivity index (χ0) is 11.3. The van der Waals surface area contributed by atoms with Crippen LogP contribution < -0.4 is 0 Å². The van der Waals surface area contributed by atoms with Crippen LogP contribution in [0.1, 0.15) is 33.6 Å². The van der Waals surface area contributed by atoms with Crippen LogP contribution in [0.25, 0.3) is 0 Å². The van der Waals surface area contributed by atoms with Gasteiger partial charge < -0.3 is 4.90 Å². The Balaban J connectivity index is 2.53. The maximum atomic E-state index is 3.75. The number of piperidine rings is 1. The van der Waals surface area contributed by atoms with Crippen molar-refractivity contribution in [1.29, 1.82) is 0 Å². The third-order valence-electron chi connectivity index (χ3n) is 3.19. The van der Waals surface area contributed by atoms with E-state index in [1.165, 1.54) is 37.2 Å². The summed E-state index contributed by atoms with van der Waals surface area (Å²) in [5, 5.41) is 0. The minimum atomic E-state index is 0.902. The Kier molecular flexibility index (Phi) is 4.67. The largest absolute Gasteiger partial charge is 0.375 e. The van der Waals surface area contributed by atoms with E-state index < -0.39 is 0 Å². The zero-order valence-electron chi connectivity index (χ0n) is 10.3. The van der Waals surface area contributed by atoms with E-state index in [9.17, 15) is 0 Å². The van der Waals surface area contributed by atoms with Gasteiger partial charge in [0, 0.05) is 18.8 Å². The fourth-order valence-corrected chi connectivity index (χ4v) is 1.79. The second-order valence-electron chi connectivity index (χ2n) is 4.59. The molecule has 1 aliphatic rings. The van der Waals surface area contributed by atoms with Gasteiger partial charge in [0.05, 0.1) is 0 Å². The first-order valence-corrected chi connectivity index (χ1v) is 5.86. The number of rotatable bonds is 3. The third-order valence-corrected chi connectivity index (χ3v) is 3.19. The van der Waals surface area contributed by atoms with Crippen LogP contribution in [0.2, 0.25) is 0 Å². The molecule has 0 radical (unpaired) electrons. The molecule has 0 bridgehead atoms. The molecule has 0 spiro atoms. The van der Waals surface area contributed by atoms with E-state index in [1.807, 2.05) is 6.08 Å². The van der Waals surface area contributed by atoms with Crippen molar-refractivity contribution in [1.82, 2.24) is 4.90 Å². The monoisotopic (exact) mass is 205 g/mol. The molecule has 1 fully saturated rings. The van der Waals surface area contributed by atoms with Crippen molar-refractivity contribution in [3.05, 3.63) is 36.1 Å². The van der Waals surface area contributed by atoms with Crippen molar-refractivity contribution in [2.24, 2.45) is 5.92 Å². The Bertz CT molecular complexity index is 265. The summed E-state index contributed by atoms with van der Waals surface area (Å²) in [4.78, 5) is 2.48. The standard InChI is InChI=1S/C14H23N/c1-5-12(2)6-7-14(4)15-10-8-13(3)9-11-15/h5-7,13H,1,8-11H2,2-4H3. The molecule has 0 aromatic rings. The minimum Gasteiger partial charge on any atom is -0.375 e. The van der Waals surface area contributed by atoms with E-state index in [0.717, 1.165) is 5.92 Å². The zero-order valence-corrected chi connectivity index (χ0v) is 10.3. The maximum absolute atomic E-state index is 3.75. The second kappa shape index (κ2) is 5.79. The van der Waals surface area contributed by atoms with Gasteiger partial charge in [0.1, 0.15) is 0 Å². The predicted molar refractivity (Wildman–Crippen MR) is 67.7 cm³/mol. The molecule has 0 aromatic heterocycles. The molecule has 0 unspecified atom stereocenters. The molecule has 15 heavy (non-hydrogen) atoms. The number of likely N-dealkylation sites (tertiary alicyclic amines) is 1. The molecule has 0 amide bonds. The number of hydrogen-bond acceptors (Lipinski definition) is 1. The Morgan fingerprint density at radius 2 is 1.80 bits per heavy atom. The Morgan fingerprint density at radius 1 is 1.20 bits per heavy atom. The van der Waals surface area contributed by atoms with E-state index in [-0.39, 0.29) is 0 Å². The van der Waals surface area contributed by atoms with E-state index in [1.54, 1.807) is 0 Å². The summed E-state index contributed by atoms with van der Waals surface area (Å²) in [6.07, 6.45) is 8.89. The highest BCUT2D eigenvalue weighted by Crippen LogP contribution is 2.19. The molecule has 0 atom stereocenters. The molecule has 0 aromatic carbocycles. The summed E-state index contributed by atoms with van der Waals surface area (Å²) in [6.45, 7) is 12.8. The van der Waals surface area contributed by atoms with Gasteiger partial charge in [-0.2, -0.15) is 0 Å². The number of hydrogen-bond donors (Lipinski definition) is 0. The second-order valence-corrected chi connectivity index (χ2v) is 4.59. The van der Waals surface area contributed by atoms with Crippen molar-refractivity contribution < 1.29 is 0 Å². The molecule has 1 aliphatic heterocycles. The van der Waals surface area contributed by atoms with Crippen molar-refractivity contribution >= 4 is 0 Å². The van der Waals surface area contributed by atoms with Gasteiger partial charge in [-0.1, -0.05) is 31.2 Å². The van der Waals surface area contributed by atoms with Gasteiger partial charge >= 0.3 is 0 Å². The van der Waals surface area contributed by atoms with Gasteiger partial charge in [-0.05, 0) is 38.7 Å². The van der Waals surface area contributed by atoms with Gasteiger partial charge in [-0.3, -0.25) is 0 Å². The molecule has 1 heteroatoms. The lowest BCUT2D eigenvalue weighted by Gasteiger charge is -2.32. The summed E-state index contributed by atoms with van der Waals surface area (Å²) >= 11 is 0. The summed E-state index contributed by atoms with van der Waals surface area (Å²) in [5.74, 6) is 0.902. The van der Waals surface area contributed by atoms with Crippen LogP contribution in [-0.2, 0) is 0 Å². The molecule has 0 aliphatic carbocycles. The van der Waals surface area contributed by atoms with Crippen LogP contribution in [0.3, 0.4) is 0 Å². The fraction of sp³-hybridized carbons (Fsp3) is 0.571. The quantitative estimate of drug-likeness (QED) is 0.634. The van der Waals surface area contributed by atoms with Crippen molar-refractivity contribution in [2.45, 2.75) is 33.6 Å². The smallest absolute Gasteiger partial charge is 0.0177 e. The molecule has 1 saturated heterocycles. The average Bonchev–Trinajstić information content (AvgIpc) is 2.26. The molecular formula is C14H23N. The van der Waals surface area contributed by atoms with Crippen LogP contribution in [-0.4, -0.2) is 18.0 Å². The highest BCUT2D eigenvalue weighted by molar-refractivity contribution is 5.21. The van der Waals surface area contributed by atoms with E-state index in [0.29, 0.717) is 0 Å². The lowest BCUT2D eigenvalue weighted by molar-refractivity contribution is 0.238. The highest BCUT2D eigenvalue weighted by atomic mass is 15.1. The number of allylic oxidation sites excluding steroid dienone is 5. The molecule has 1 heterocycles. The fourth-order valence-electron chi connectivity index (χ4n) is 1.79. The summed E-state index contributed by atoms with van der Waals surface area (Å²) in [5.41, 5.74) is 2.60. The van der Waals surface area contributed by atoms with Gasteiger partial charge in [0.25, 0.3) is 0 Å². The van der Waals surface area contributed by atoms with E-state index in [4.69, 9.17) is 0 Å². The summed E-state index contributed by atoms with van der Waals surface area (Å²) in [7, 11) is 0. The van der Waals surface area contributed by atoms with Crippen LogP contribution in [0.5, 0.6) is 0 Å². The Labute approximate surface area is 94.2 Å². The van der Waals surface area contributed by atoms with Gasteiger partial charge in [0.15, 0.2) is 0 Å². The SMILES string of the molecule is C=CC(C)=CC=C(C)N1CCC(C)CC1. The average molecular weight is 205 g/mol. The topological polar surface area (TPSA) is 3.24 Å². The van der Waals surface area contributed by atoms with Crippen molar-refractivity contribution in [2.75, 3.05) is 13.1 Å². The van der Waals surface area contributed by atoms with Crippen molar-refractivity contribution in [3.63, 3.8) is 0 Å². The normalized spacial score (nSPS) is 20.6. The van der Waals surface area contributed by atoms with Crippen LogP contribution >= 0.6 is 0 Å². The molecule has 0 N–H and O–H groups in total. The lowest BCUT2D eigenvalue weighted by atomic mass is 9.99. The van der Waals surface area contributed by atoms with Gasteiger partial charge in [-0.15, -0.1) is 0 Å². The first-order chi connectivity index (χ1) is 7.13. The first-order valence-electron chi connectivity index (χ1n) is 5.86. The summed E-state index contributed by atoms with van der Waals surface area (Å²) in [6, 6.07) is 0. The van der Waals surface area contributed by atoms with E-state index >= 15 is 0 Å². The first kappa shape index (κ1) is 12.1. The van der Waals surface area contributed by atoms with Gasteiger partial charge in [-0.25, -0.2) is 0 Å². The van der Waals surface area contributed by atoms with Crippen LogP contribution in [0, 0.1) is 5.92 Å². The van der Waals surface area contributed by atoms with Crippen LogP contribution in [0.4, 0.5) is 0 Å². The van der Waals surface area contributed by atoms with Gasteiger partial charge in [0.2, 0.25) is 0 Å². The Morgan fingerprint density at radius 3 is 2.33 bits per heavy atom. The lowest BCUT2D eigenvalue weighted by Crippen LogP contribution is -2.31. The predicted octanol–water partition coefficient (Wildman–Crippen LogP) is 3.75. The van der Waals surface area contributed by atoms with Crippen molar-refractivity contribution in [3.8, 4) is 0 Å². The van der Waals surface area contributed by atoms with E-state index in [2.05, 4.69) is 44.4 Å². The number of nitrogens with zero attached hydrogens (tertiary/aromatic N) is 1. The van der Waals surface area contributed by atoms with Crippen LogP contribution in [0.15, 0.2) is 36.1 Å². The molecular weight excluding hydrogens is 182 g/mol. The molecule has 84 valence electrons.